The SMILES string of the molecule is CC(C)(C)c1cc(-c2c3nc(c(-c4cc(C#N)cc(C#N)c4)c4ccc([n-]4)c(-c4cc(C(C)(C)C)cc(C(C)(C)C)c4)c4nc(c(-c5cc(C#N)cc(C#N)c5)c5ccc2[n-]5)C=C4)C=C3)cc(C(C)(C)C)c1.[Zn+2]. The first-order valence-electron chi connectivity index (χ1n) is 24.3. The van der Waals surface area contributed by atoms with Crippen LogP contribution in [0.5, 0.6) is 0 Å². The van der Waals surface area contributed by atoms with Gasteiger partial charge in [-0.1, -0.05) is 144 Å². The molecule has 0 unspecified atom stereocenters. The van der Waals surface area contributed by atoms with Crippen LogP contribution in [0.4, 0.5) is 0 Å². The van der Waals surface area contributed by atoms with Gasteiger partial charge in [-0.25, -0.2) is 9.97 Å². The van der Waals surface area contributed by atoms with Crippen LogP contribution in [0.1, 0.15) is 150 Å². The average Bonchev–Trinajstić information content (AvgIpc) is 4.18. The van der Waals surface area contributed by atoms with Crippen LogP contribution < -0.4 is 9.97 Å². The molecule has 0 amide bonds. The van der Waals surface area contributed by atoms with E-state index in [1.165, 1.54) is 0 Å². The van der Waals surface area contributed by atoms with Gasteiger partial charge in [-0.3, -0.25) is 0 Å². The second-order valence-electron chi connectivity index (χ2n) is 23.0. The normalized spacial score (nSPS) is 12.4. The molecule has 2 aliphatic rings. The fraction of sp³-hybridized carbons (Fsp3) is 0.250. The molecule has 0 radical (unpaired) electrons. The molecule has 0 saturated carbocycles. The molecule has 73 heavy (non-hydrogen) atoms. The van der Waals surface area contributed by atoms with Gasteiger partial charge in [0.15, 0.2) is 0 Å². The van der Waals surface area contributed by atoms with Crippen LogP contribution in [0.15, 0.2) is 97.1 Å². The Balaban J connectivity index is 0.00000711. The minimum Gasteiger partial charge on any atom is -0.657 e. The molecule has 2 aliphatic heterocycles. The number of nitrogens with zero attached hydrogens (tertiary/aromatic N) is 8. The first-order valence-corrected chi connectivity index (χ1v) is 24.3. The van der Waals surface area contributed by atoms with Gasteiger partial charge < -0.3 is 9.97 Å². The standard InChI is InChI=1S/C64H56N8.Zn/c1-61(2,3)45-27-43(28-46(31-45)62(4,5)6)59-53-17-13-49(69-53)57(41-23-37(33-65)21-38(24-41)34-66)51-15-19-55(71-51)60(44-29-47(63(7,8)9)32-48(30-44)64(10,11)12)56-20-16-52(72-56)58(50-14-18-54(59)70-50)42-25-39(35-67)22-40(26-42)36-68;/h13-32H,1-12H3;/q-2;+2. The van der Waals surface area contributed by atoms with Crippen LogP contribution >= 0.6 is 0 Å². The van der Waals surface area contributed by atoms with Crippen molar-refractivity contribution in [3.05, 3.63) is 164 Å². The zero-order chi connectivity index (χ0) is 51.7. The molecule has 3 aromatic heterocycles. The number of rotatable bonds is 4. The summed E-state index contributed by atoms with van der Waals surface area (Å²) >= 11 is 0. The van der Waals surface area contributed by atoms with Gasteiger partial charge in [0.2, 0.25) is 0 Å². The van der Waals surface area contributed by atoms with Crippen LogP contribution in [-0.2, 0) is 41.1 Å². The van der Waals surface area contributed by atoms with E-state index in [2.05, 4.69) is 144 Å². The molecule has 9 heteroatoms. The fourth-order valence-corrected chi connectivity index (χ4v) is 9.35. The molecule has 0 fully saturated rings. The smallest absolute Gasteiger partial charge is 0.657 e. The van der Waals surface area contributed by atoms with Gasteiger partial charge in [-0.05, 0) is 149 Å². The Bertz CT molecular complexity index is 3460. The van der Waals surface area contributed by atoms with Crippen molar-refractivity contribution >= 4 is 46.4 Å². The van der Waals surface area contributed by atoms with E-state index in [-0.39, 0.29) is 41.1 Å². The first kappa shape index (κ1) is 51.4. The van der Waals surface area contributed by atoms with E-state index < -0.39 is 0 Å². The van der Waals surface area contributed by atoms with E-state index in [1.807, 2.05) is 48.6 Å². The van der Waals surface area contributed by atoms with E-state index in [1.54, 1.807) is 36.4 Å². The zero-order valence-electron chi connectivity index (χ0n) is 43.8. The molecule has 8 nitrogen and oxygen atoms in total. The average molecular weight is 1000 g/mol. The maximum absolute atomic E-state index is 10.3. The van der Waals surface area contributed by atoms with Gasteiger partial charge in [0, 0.05) is 0 Å². The number of hydrogen-bond donors (Lipinski definition) is 0. The Kier molecular flexibility index (Phi) is 13.3. The van der Waals surface area contributed by atoms with Crippen LogP contribution in [0.3, 0.4) is 0 Å². The van der Waals surface area contributed by atoms with Crippen molar-refractivity contribution in [1.82, 2.24) is 19.9 Å². The van der Waals surface area contributed by atoms with Crippen LogP contribution in [0.25, 0.3) is 90.9 Å². The molecule has 0 N–H and O–H groups in total. The van der Waals surface area contributed by atoms with Gasteiger partial charge in [0.05, 0.1) is 69.3 Å². The van der Waals surface area contributed by atoms with Crippen molar-refractivity contribution in [3.63, 3.8) is 0 Å². The second-order valence-corrected chi connectivity index (χ2v) is 23.0. The Morgan fingerprint density at radius 3 is 0.753 bits per heavy atom. The van der Waals surface area contributed by atoms with Gasteiger partial charge in [0.1, 0.15) is 0 Å². The van der Waals surface area contributed by atoms with Crippen LogP contribution in [0.2, 0.25) is 0 Å². The number of hydrogen-bond acceptors (Lipinski definition) is 6. The molecule has 0 saturated heterocycles. The summed E-state index contributed by atoms with van der Waals surface area (Å²) in [7, 11) is 0. The molecule has 5 heterocycles. The quantitative estimate of drug-likeness (QED) is 0.158. The molecule has 9 rings (SSSR count). The van der Waals surface area contributed by atoms with Crippen molar-refractivity contribution in [3.8, 4) is 68.8 Å². The third-order valence-electron chi connectivity index (χ3n) is 13.5. The third kappa shape index (κ3) is 10.1. The molecular formula is C64H56N8Zn. The van der Waals surface area contributed by atoms with Crippen LogP contribution in [0, 0.1) is 45.3 Å². The monoisotopic (exact) mass is 1000 g/mol. The van der Waals surface area contributed by atoms with Gasteiger partial charge >= 0.3 is 19.5 Å². The second kappa shape index (κ2) is 18.9. The molecule has 7 aromatic rings. The number of fused-ring (bicyclic) bond motifs is 8. The van der Waals surface area contributed by atoms with Gasteiger partial charge in [-0.15, -0.1) is 22.1 Å². The first-order chi connectivity index (χ1) is 33.9. The molecule has 0 spiro atoms. The summed E-state index contributed by atoms with van der Waals surface area (Å²) < 4.78 is 0. The summed E-state index contributed by atoms with van der Waals surface area (Å²) in [6, 6.07) is 41.0. The number of nitriles is 4. The summed E-state index contributed by atoms with van der Waals surface area (Å²) in [5.74, 6) is 0. The molecule has 354 valence electrons. The van der Waals surface area contributed by atoms with Gasteiger partial charge in [-0.2, -0.15) is 21.0 Å². The summed E-state index contributed by atoms with van der Waals surface area (Å²) in [6.07, 6.45) is 7.98. The molecule has 4 aromatic carbocycles. The van der Waals surface area contributed by atoms with E-state index >= 15 is 0 Å². The van der Waals surface area contributed by atoms with Crippen molar-refractivity contribution < 1.29 is 19.5 Å². The molecule has 0 atom stereocenters. The zero-order valence-corrected chi connectivity index (χ0v) is 46.8. The maximum Gasteiger partial charge on any atom is 2.00 e. The van der Waals surface area contributed by atoms with Crippen molar-refractivity contribution in [2.24, 2.45) is 0 Å². The molecule has 8 bridgehead atoms. The fourth-order valence-electron chi connectivity index (χ4n) is 9.35. The minimum atomic E-state index is -0.193. The topological polar surface area (TPSA) is 149 Å². The van der Waals surface area contributed by atoms with Crippen molar-refractivity contribution in [2.75, 3.05) is 0 Å². The third-order valence-corrected chi connectivity index (χ3v) is 13.5. The number of aromatic nitrogens is 4. The summed E-state index contributed by atoms with van der Waals surface area (Å²) in [5.41, 5.74) is 16.5. The summed E-state index contributed by atoms with van der Waals surface area (Å²) in [5, 5.41) is 41.0. The summed E-state index contributed by atoms with van der Waals surface area (Å²) in [6.45, 7) is 26.6. The van der Waals surface area contributed by atoms with Crippen LogP contribution in [-0.4, -0.2) is 9.97 Å². The van der Waals surface area contributed by atoms with E-state index in [9.17, 15) is 21.0 Å². The Morgan fingerprint density at radius 1 is 0.329 bits per heavy atom. The Labute approximate surface area is 442 Å². The molecule has 0 aliphatic carbocycles. The number of benzene rings is 4. The largest absolute Gasteiger partial charge is 2.00 e. The van der Waals surface area contributed by atoms with E-state index in [4.69, 9.17) is 19.9 Å². The predicted molar refractivity (Wildman–Crippen MR) is 292 cm³/mol. The van der Waals surface area contributed by atoms with E-state index in [0.717, 1.165) is 44.5 Å². The Morgan fingerprint density at radius 2 is 0.548 bits per heavy atom. The Hall–Kier alpha value is -7.94. The summed E-state index contributed by atoms with van der Waals surface area (Å²) in [4.78, 5) is 22.0. The van der Waals surface area contributed by atoms with Gasteiger partial charge in [0.25, 0.3) is 0 Å². The van der Waals surface area contributed by atoms with Crippen molar-refractivity contribution in [1.29, 1.82) is 21.0 Å². The maximum atomic E-state index is 10.3. The predicted octanol–water partition coefficient (Wildman–Crippen LogP) is 15.3. The van der Waals surface area contributed by atoms with Crippen molar-refractivity contribution in [2.45, 2.75) is 105 Å². The van der Waals surface area contributed by atoms with E-state index in [0.29, 0.717) is 89.4 Å². The molecular weight excluding hydrogens is 946 g/mol. The minimum absolute atomic E-state index is 0.